The summed E-state index contributed by atoms with van der Waals surface area (Å²) in [5.74, 6) is -0.269. The highest BCUT2D eigenvalue weighted by Crippen LogP contribution is 2.26. The largest absolute Gasteiger partial charge is 0.281 e. The number of carbonyl (C=O) groups excluding carboxylic acids is 1. The first-order valence-corrected chi connectivity index (χ1v) is 5.80. The first kappa shape index (κ1) is 13.7. The monoisotopic (exact) mass is 235 g/mol. The minimum Gasteiger partial charge on any atom is -0.281 e. The molecule has 0 atom stereocenters. The fraction of sp³-hybridized carbons (Fsp3) is 0.500. The molecule has 0 spiro atoms. The highest BCUT2D eigenvalue weighted by molar-refractivity contribution is 5.92. The van der Waals surface area contributed by atoms with Gasteiger partial charge in [0.1, 0.15) is 0 Å². The Hall–Kier alpha value is -1.35. The normalized spacial score (nSPS) is 11.4. The van der Waals surface area contributed by atoms with Gasteiger partial charge in [-0.25, -0.2) is 0 Å². The van der Waals surface area contributed by atoms with Crippen molar-refractivity contribution in [3.05, 3.63) is 29.3 Å². The average Bonchev–Trinajstić information content (AvgIpc) is 2.14. The standard InChI is InChI=1S/C14H21NO2/c1-10-7-6-8-11(2)13(10)15(17)12(16)9-14(3,4)5/h6-8,17H,9H2,1-5H3. The number of hydrogen-bond acceptors (Lipinski definition) is 2. The number of rotatable bonds is 2. The number of nitrogens with zero attached hydrogens (tertiary/aromatic N) is 1. The molecule has 3 heteroatoms. The Balaban J connectivity index is 2.97. The van der Waals surface area contributed by atoms with Crippen LogP contribution in [0.2, 0.25) is 0 Å². The highest BCUT2D eigenvalue weighted by atomic mass is 16.5. The number of aryl methyl sites for hydroxylation is 2. The zero-order chi connectivity index (χ0) is 13.2. The van der Waals surface area contributed by atoms with Gasteiger partial charge in [0.2, 0.25) is 0 Å². The summed E-state index contributed by atoms with van der Waals surface area (Å²) in [6.07, 6.45) is 0.317. The van der Waals surface area contributed by atoms with E-state index in [1.54, 1.807) is 0 Å². The van der Waals surface area contributed by atoms with Crippen molar-refractivity contribution in [2.45, 2.75) is 41.0 Å². The van der Waals surface area contributed by atoms with Crippen LogP contribution in [0, 0.1) is 19.3 Å². The smallest absolute Gasteiger partial charge is 0.251 e. The van der Waals surface area contributed by atoms with Crippen molar-refractivity contribution in [1.29, 1.82) is 0 Å². The molecule has 0 fully saturated rings. The molecule has 0 heterocycles. The molecule has 3 nitrogen and oxygen atoms in total. The molecule has 1 aromatic rings. The Bertz CT molecular complexity index is 398. The number of hydrogen-bond donors (Lipinski definition) is 1. The van der Waals surface area contributed by atoms with Gasteiger partial charge in [0, 0.05) is 6.42 Å². The van der Waals surface area contributed by atoms with E-state index < -0.39 is 0 Å². The van der Waals surface area contributed by atoms with E-state index in [9.17, 15) is 10.0 Å². The maximum atomic E-state index is 11.9. The maximum absolute atomic E-state index is 11.9. The van der Waals surface area contributed by atoms with Gasteiger partial charge in [-0.2, -0.15) is 5.06 Å². The quantitative estimate of drug-likeness (QED) is 0.630. The van der Waals surface area contributed by atoms with E-state index in [2.05, 4.69) is 0 Å². The predicted octanol–water partition coefficient (Wildman–Crippen LogP) is 3.46. The average molecular weight is 235 g/mol. The topological polar surface area (TPSA) is 40.5 Å². The van der Waals surface area contributed by atoms with Crippen molar-refractivity contribution >= 4 is 11.6 Å². The van der Waals surface area contributed by atoms with E-state index in [0.717, 1.165) is 16.2 Å². The van der Waals surface area contributed by atoms with Gasteiger partial charge in [-0.15, -0.1) is 0 Å². The second-order valence-corrected chi connectivity index (χ2v) is 5.68. The first-order chi connectivity index (χ1) is 7.72. The lowest BCUT2D eigenvalue weighted by Crippen LogP contribution is -2.31. The molecule has 0 saturated carbocycles. The minimum atomic E-state index is -0.269. The summed E-state index contributed by atoms with van der Waals surface area (Å²) in [4.78, 5) is 11.9. The van der Waals surface area contributed by atoms with Gasteiger partial charge in [0.05, 0.1) is 5.69 Å². The van der Waals surface area contributed by atoms with Crippen LogP contribution in [0.1, 0.15) is 38.3 Å². The van der Waals surface area contributed by atoms with Gasteiger partial charge in [0.25, 0.3) is 5.91 Å². The van der Waals surface area contributed by atoms with Crippen LogP contribution < -0.4 is 5.06 Å². The molecule has 17 heavy (non-hydrogen) atoms. The van der Waals surface area contributed by atoms with Crippen molar-refractivity contribution in [3.8, 4) is 0 Å². The molecule has 1 N–H and O–H groups in total. The lowest BCUT2D eigenvalue weighted by atomic mass is 9.91. The van der Waals surface area contributed by atoms with Crippen LogP contribution in [0.4, 0.5) is 5.69 Å². The molecule has 1 amide bonds. The third-order valence-corrected chi connectivity index (χ3v) is 2.57. The molecular weight excluding hydrogens is 214 g/mol. The van der Waals surface area contributed by atoms with E-state index in [4.69, 9.17) is 0 Å². The van der Waals surface area contributed by atoms with Crippen molar-refractivity contribution in [3.63, 3.8) is 0 Å². The summed E-state index contributed by atoms with van der Waals surface area (Å²) in [6.45, 7) is 9.70. The van der Waals surface area contributed by atoms with Gasteiger partial charge in [-0.3, -0.25) is 10.0 Å². The Labute approximate surface area is 103 Å². The summed E-state index contributed by atoms with van der Waals surface area (Å²) in [5, 5.41) is 10.8. The SMILES string of the molecule is Cc1cccc(C)c1N(O)C(=O)CC(C)(C)C. The predicted molar refractivity (Wildman–Crippen MR) is 69.3 cm³/mol. The number of benzene rings is 1. The van der Waals surface area contributed by atoms with Crippen LogP contribution in [-0.2, 0) is 4.79 Å². The Morgan fingerprint density at radius 3 is 2.12 bits per heavy atom. The second kappa shape index (κ2) is 4.88. The van der Waals surface area contributed by atoms with E-state index in [0.29, 0.717) is 12.1 Å². The van der Waals surface area contributed by atoms with E-state index in [1.165, 1.54) is 0 Å². The van der Waals surface area contributed by atoms with Gasteiger partial charge >= 0.3 is 0 Å². The van der Waals surface area contributed by atoms with Crippen molar-refractivity contribution < 1.29 is 10.0 Å². The molecule has 0 saturated heterocycles. The maximum Gasteiger partial charge on any atom is 0.251 e. The van der Waals surface area contributed by atoms with Crippen molar-refractivity contribution in [2.24, 2.45) is 5.41 Å². The summed E-state index contributed by atoms with van der Waals surface area (Å²) >= 11 is 0. The lowest BCUT2D eigenvalue weighted by molar-refractivity contribution is -0.125. The van der Waals surface area contributed by atoms with Gasteiger partial charge in [-0.05, 0) is 30.4 Å². The number of amides is 1. The van der Waals surface area contributed by atoms with Crippen LogP contribution in [0.5, 0.6) is 0 Å². The summed E-state index contributed by atoms with van der Waals surface area (Å²) in [5.41, 5.74) is 2.26. The van der Waals surface area contributed by atoms with Gasteiger partial charge in [0.15, 0.2) is 0 Å². The molecular formula is C14H21NO2. The lowest BCUT2D eigenvalue weighted by Gasteiger charge is -2.24. The summed E-state index contributed by atoms with van der Waals surface area (Å²) in [6, 6.07) is 5.68. The Morgan fingerprint density at radius 2 is 1.71 bits per heavy atom. The zero-order valence-electron chi connectivity index (χ0n) is 11.2. The number of anilines is 1. The first-order valence-electron chi connectivity index (χ1n) is 5.80. The molecule has 0 aliphatic rings. The van der Waals surface area contributed by atoms with E-state index in [1.807, 2.05) is 52.8 Å². The number of hydroxylamine groups is 1. The van der Waals surface area contributed by atoms with Crippen molar-refractivity contribution in [2.75, 3.05) is 5.06 Å². The van der Waals surface area contributed by atoms with Crippen molar-refractivity contribution in [1.82, 2.24) is 0 Å². The molecule has 0 bridgehead atoms. The Morgan fingerprint density at radius 1 is 1.24 bits per heavy atom. The second-order valence-electron chi connectivity index (χ2n) is 5.68. The van der Waals surface area contributed by atoms with Gasteiger partial charge < -0.3 is 0 Å². The zero-order valence-corrected chi connectivity index (χ0v) is 11.2. The molecule has 1 rings (SSSR count). The Kier molecular flexibility index (Phi) is 3.94. The molecule has 0 unspecified atom stereocenters. The van der Waals surface area contributed by atoms with E-state index in [-0.39, 0.29) is 11.3 Å². The fourth-order valence-corrected chi connectivity index (χ4v) is 1.79. The molecule has 94 valence electrons. The summed E-state index contributed by atoms with van der Waals surface area (Å²) < 4.78 is 0. The highest BCUT2D eigenvalue weighted by Gasteiger charge is 2.23. The molecule has 0 radical (unpaired) electrons. The number of carbonyl (C=O) groups is 1. The van der Waals surface area contributed by atoms with Crippen LogP contribution in [0.15, 0.2) is 18.2 Å². The molecule has 0 aliphatic carbocycles. The minimum absolute atomic E-state index is 0.130. The van der Waals surface area contributed by atoms with Crippen LogP contribution >= 0.6 is 0 Å². The molecule has 1 aromatic carbocycles. The van der Waals surface area contributed by atoms with Crippen LogP contribution in [-0.4, -0.2) is 11.1 Å². The summed E-state index contributed by atoms with van der Waals surface area (Å²) in [7, 11) is 0. The van der Waals surface area contributed by atoms with Crippen LogP contribution in [0.3, 0.4) is 0 Å². The number of para-hydroxylation sites is 1. The molecule has 0 aliphatic heterocycles. The fourth-order valence-electron chi connectivity index (χ4n) is 1.79. The van der Waals surface area contributed by atoms with Crippen LogP contribution in [0.25, 0.3) is 0 Å². The third kappa shape index (κ3) is 3.56. The van der Waals surface area contributed by atoms with E-state index >= 15 is 0 Å². The van der Waals surface area contributed by atoms with Gasteiger partial charge in [-0.1, -0.05) is 39.0 Å². The third-order valence-electron chi connectivity index (χ3n) is 2.57. The molecule has 0 aromatic heterocycles.